The Morgan fingerprint density at radius 2 is 1.76 bits per heavy atom. The summed E-state index contributed by atoms with van der Waals surface area (Å²) in [6.45, 7) is 0.889. The Kier molecular flexibility index (Phi) is 9.18. The van der Waals surface area contributed by atoms with Crippen LogP contribution in [0.1, 0.15) is 34.9 Å². The molecule has 4 aromatic rings. The standard InChI is InChI=1S/C30H37N9O2/c1-37(2)23-12-9-20(10-13-23)28-36-24-19-21(29(41)38(3)18-15-22-7-4-5-16-34-22)11-14-25(24)39(28)26(27(31)40)8-6-17-35-30(32)33/h4-5,7,9-14,16,19,26H,6,8,15,17-18H2,1-3H3,(H2,31,40)(H4,32,33,35). The summed E-state index contributed by atoms with van der Waals surface area (Å²) in [7, 11) is 5.71. The number of anilines is 1. The molecule has 214 valence electrons. The van der Waals surface area contributed by atoms with Gasteiger partial charge in [-0.15, -0.1) is 0 Å². The minimum atomic E-state index is -0.694. The number of fused-ring (bicyclic) bond motifs is 1. The molecule has 1 unspecified atom stereocenters. The molecule has 2 aromatic carbocycles. The molecule has 0 fully saturated rings. The van der Waals surface area contributed by atoms with E-state index in [1.807, 2.05) is 72.1 Å². The number of nitrogens with two attached hydrogens (primary N) is 3. The first-order valence-electron chi connectivity index (χ1n) is 13.5. The number of carbonyl (C=O) groups is 2. The lowest BCUT2D eigenvalue weighted by atomic mass is 10.1. The SMILES string of the molecule is CN(CCc1ccccn1)C(=O)c1ccc2c(c1)nc(-c1ccc(N(C)C)cc1)n2C(CCCN=C(N)N)C(N)=O. The number of pyridine rings is 1. The minimum absolute atomic E-state index is 0.00225. The van der Waals surface area contributed by atoms with E-state index in [9.17, 15) is 9.59 Å². The summed E-state index contributed by atoms with van der Waals surface area (Å²) in [6.07, 6.45) is 3.35. The summed E-state index contributed by atoms with van der Waals surface area (Å²) in [5.41, 5.74) is 21.4. The number of hydrogen-bond acceptors (Lipinski definition) is 6. The number of carbonyl (C=O) groups excluding carboxylic acids is 2. The highest BCUT2D eigenvalue weighted by Crippen LogP contribution is 2.32. The van der Waals surface area contributed by atoms with E-state index < -0.39 is 11.9 Å². The van der Waals surface area contributed by atoms with E-state index in [4.69, 9.17) is 22.2 Å². The van der Waals surface area contributed by atoms with Gasteiger partial charge in [-0.3, -0.25) is 19.6 Å². The third-order valence-corrected chi connectivity index (χ3v) is 6.92. The number of imidazole rings is 1. The first-order valence-corrected chi connectivity index (χ1v) is 13.5. The van der Waals surface area contributed by atoms with Crippen LogP contribution in [0, 0.1) is 0 Å². The van der Waals surface area contributed by atoms with E-state index >= 15 is 0 Å². The predicted octanol–water partition coefficient (Wildman–Crippen LogP) is 2.56. The average molecular weight is 556 g/mol. The first-order chi connectivity index (χ1) is 19.7. The normalized spacial score (nSPS) is 11.7. The van der Waals surface area contributed by atoms with Crippen molar-refractivity contribution in [1.29, 1.82) is 0 Å². The number of likely N-dealkylation sites (N-methyl/N-ethyl adjacent to an activating group) is 1. The molecule has 0 bridgehead atoms. The van der Waals surface area contributed by atoms with Gasteiger partial charge < -0.3 is 31.6 Å². The summed E-state index contributed by atoms with van der Waals surface area (Å²) in [5.74, 6) is -0.0332. The maximum absolute atomic E-state index is 13.3. The molecule has 0 aliphatic carbocycles. The predicted molar refractivity (Wildman–Crippen MR) is 163 cm³/mol. The summed E-state index contributed by atoms with van der Waals surface area (Å²) in [4.78, 5) is 43.0. The van der Waals surface area contributed by atoms with Gasteiger partial charge in [0.15, 0.2) is 5.96 Å². The molecule has 0 saturated heterocycles. The smallest absolute Gasteiger partial charge is 0.253 e. The van der Waals surface area contributed by atoms with Crippen LogP contribution in [0.25, 0.3) is 22.4 Å². The third kappa shape index (κ3) is 6.99. The van der Waals surface area contributed by atoms with E-state index in [0.29, 0.717) is 54.8 Å². The van der Waals surface area contributed by atoms with Crippen molar-refractivity contribution in [2.75, 3.05) is 39.1 Å². The van der Waals surface area contributed by atoms with Crippen LogP contribution in [-0.4, -0.2) is 71.4 Å². The van der Waals surface area contributed by atoms with Gasteiger partial charge >= 0.3 is 0 Å². The highest BCUT2D eigenvalue weighted by atomic mass is 16.2. The molecule has 2 aromatic heterocycles. The van der Waals surface area contributed by atoms with E-state index in [2.05, 4.69) is 9.98 Å². The molecule has 11 nitrogen and oxygen atoms in total. The van der Waals surface area contributed by atoms with Crippen LogP contribution in [0.3, 0.4) is 0 Å². The van der Waals surface area contributed by atoms with E-state index in [-0.39, 0.29) is 11.9 Å². The van der Waals surface area contributed by atoms with Crippen LogP contribution in [0.4, 0.5) is 5.69 Å². The Bertz CT molecular complexity index is 1530. The lowest BCUT2D eigenvalue weighted by molar-refractivity contribution is -0.121. The molecular weight excluding hydrogens is 518 g/mol. The van der Waals surface area contributed by atoms with Crippen molar-refractivity contribution >= 4 is 34.5 Å². The van der Waals surface area contributed by atoms with Crippen molar-refractivity contribution in [1.82, 2.24) is 19.4 Å². The fourth-order valence-electron chi connectivity index (χ4n) is 4.70. The van der Waals surface area contributed by atoms with Crippen LogP contribution in [0.2, 0.25) is 0 Å². The lowest BCUT2D eigenvalue weighted by Crippen LogP contribution is -2.29. The maximum atomic E-state index is 13.3. The molecule has 0 aliphatic rings. The Morgan fingerprint density at radius 1 is 1.00 bits per heavy atom. The van der Waals surface area contributed by atoms with Gasteiger partial charge in [-0.2, -0.15) is 0 Å². The fraction of sp³-hybridized carbons (Fsp3) is 0.300. The number of aliphatic imine (C=N–C) groups is 1. The van der Waals surface area contributed by atoms with Crippen molar-refractivity contribution in [2.45, 2.75) is 25.3 Å². The van der Waals surface area contributed by atoms with Gasteiger partial charge in [0.05, 0.1) is 11.0 Å². The fourth-order valence-corrected chi connectivity index (χ4v) is 4.70. The van der Waals surface area contributed by atoms with Crippen LogP contribution in [0.5, 0.6) is 0 Å². The number of guanidine groups is 1. The Morgan fingerprint density at radius 3 is 2.39 bits per heavy atom. The Balaban J connectivity index is 1.70. The van der Waals surface area contributed by atoms with Gasteiger partial charge in [-0.05, 0) is 67.4 Å². The highest BCUT2D eigenvalue weighted by Gasteiger charge is 2.25. The van der Waals surface area contributed by atoms with E-state index in [0.717, 1.165) is 16.9 Å². The number of benzene rings is 2. The van der Waals surface area contributed by atoms with E-state index in [1.165, 1.54) is 0 Å². The molecule has 11 heteroatoms. The number of primary amides is 1. The summed E-state index contributed by atoms with van der Waals surface area (Å²) < 4.78 is 1.86. The number of hydrogen-bond donors (Lipinski definition) is 3. The number of amides is 2. The monoisotopic (exact) mass is 555 g/mol. The summed E-state index contributed by atoms with van der Waals surface area (Å²) in [6, 6.07) is 18.3. The molecule has 0 radical (unpaired) electrons. The third-order valence-electron chi connectivity index (χ3n) is 6.92. The van der Waals surface area contributed by atoms with Gasteiger partial charge in [0.2, 0.25) is 5.91 Å². The topological polar surface area (TPSA) is 162 Å². The quantitative estimate of drug-likeness (QED) is 0.137. The Hall–Kier alpha value is -4.93. The molecule has 2 amide bonds. The highest BCUT2D eigenvalue weighted by molar-refractivity contribution is 5.98. The van der Waals surface area contributed by atoms with Crippen molar-refractivity contribution in [2.24, 2.45) is 22.2 Å². The molecule has 41 heavy (non-hydrogen) atoms. The number of nitrogens with zero attached hydrogens (tertiary/aromatic N) is 6. The van der Waals surface area contributed by atoms with Crippen LogP contribution >= 0.6 is 0 Å². The number of aromatic nitrogens is 3. The maximum Gasteiger partial charge on any atom is 0.253 e. The minimum Gasteiger partial charge on any atom is -0.378 e. The van der Waals surface area contributed by atoms with Crippen LogP contribution < -0.4 is 22.1 Å². The second-order valence-corrected chi connectivity index (χ2v) is 10.1. The molecule has 0 saturated carbocycles. The van der Waals surface area contributed by atoms with Crippen molar-refractivity contribution < 1.29 is 9.59 Å². The summed E-state index contributed by atoms with van der Waals surface area (Å²) >= 11 is 0. The van der Waals surface area contributed by atoms with Gasteiger partial charge in [-0.1, -0.05) is 6.07 Å². The van der Waals surface area contributed by atoms with Gasteiger partial charge in [-0.25, -0.2) is 4.98 Å². The van der Waals surface area contributed by atoms with Gasteiger partial charge in [0, 0.05) is 69.4 Å². The second-order valence-electron chi connectivity index (χ2n) is 10.1. The van der Waals surface area contributed by atoms with Crippen molar-refractivity contribution in [3.8, 4) is 11.4 Å². The molecule has 1 atom stereocenters. The largest absolute Gasteiger partial charge is 0.378 e. The first kappa shape index (κ1) is 29.1. The zero-order valence-corrected chi connectivity index (χ0v) is 23.7. The zero-order chi connectivity index (χ0) is 29.5. The molecule has 2 heterocycles. The van der Waals surface area contributed by atoms with Crippen molar-refractivity contribution in [3.63, 3.8) is 0 Å². The molecule has 6 N–H and O–H groups in total. The van der Waals surface area contributed by atoms with Crippen LogP contribution in [-0.2, 0) is 11.2 Å². The number of rotatable bonds is 12. The molecule has 4 rings (SSSR count). The molecule has 0 aliphatic heterocycles. The van der Waals surface area contributed by atoms with Crippen LogP contribution in [0.15, 0.2) is 71.9 Å². The second kappa shape index (κ2) is 12.9. The zero-order valence-electron chi connectivity index (χ0n) is 23.7. The summed E-state index contributed by atoms with van der Waals surface area (Å²) in [5, 5.41) is 0. The van der Waals surface area contributed by atoms with Gasteiger partial charge in [0.25, 0.3) is 5.91 Å². The van der Waals surface area contributed by atoms with E-state index in [1.54, 1.807) is 30.3 Å². The molecule has 0 spiro atoms. The van der Waals surface area contributed by atoms with Gasteiger partial charge in [0.1, 0.15) is 11.9 Å². The average Bonchev–Trinajstić information content (AvgIpc) is 3.34. The van der Waals surface area contributed by atoms with Crippen molar-refractivity contribution in [3.05, 3.63) is 78.1 Å². The lowest BCUT2D eigenvalue weighted by Gasteiger charge is -2.20. The Labute approximate surface area is 239 Å². The molecular formula is C30H37N9O2.